The zero-order valence-electron chi connectivity index (χ0n) is 9.29. The third-order valence-corrected chi connectivity index (χ3v) is 2.27. The molecule has 4 nitrogen and oxygen atoms in total. The molecule has 0 aliphatic heterocycles. The number of carbonyl (C=O) groups is 1. The van der Waals surface area contributed by atoms with Crippen molar-refractivity contribution in [3.05, 3.63) is 0 Å². The number of aliphatic hydroxyl groups excluding tert-OH is 1. The van der Waals surface area contributed by atoms with Gasteiger partial charge in [0.05, 0.1) is 18.7 Å². The van der Waals surface area contributed by atoms with Crippen molar-refractivity contribution in [2.75, 3.05) is 6.61 Å². The standard InChI is InChI=1S/C10H22N2O2/c1-4-5-8(11)10(14)12-9(6-13)7(2)3/h7-9,13H,4-6,11H2,1-3H3,(H,12,14)/t8?,9-/m1/s1. The van der Waals surface area contributed by atoms with Gasteiger partial charge in [-0.25, -0.2) is 0 Å². The highest BCUT2D eigenvalue weighted by Gasteiger charge is 2.18. The van der Waals surface area contributed by atoms with E-state index in [1.165, 1.54) is 0 Å². The van der Waals surface area contributed by atoms with Crippen LogP contribution in [0.5, 0.6) is 0 Å². The predicted molar refractivity (Wildman–Crippen MR) is 56.7 cm³/mol. The van der Waals surface area contributed by atoms with Gasteiger partial charge in [0, 0.05) is 0 Å². The average Bonchev–Trinajstić information content (AvgIpc) is 2.13. The second-order valence-corrected chi connectivity index (χ2v) is 3.94. The number of rotatable bonds is 6. The molecule has 0 saturated heterocycles. The summed E-state index contributed by atoms with van der Waals surface area (Å²) >= 11 is 0. The monoisotopic (exact) mass is 202 g/mol. The molecule has 0 radical (unpaired) electrons. The quantitative estimate of drug-likeness (QED) is 0.578. The van der Waals surface area contributed by atoms with Crippen LogP contribution in [0.1, 0.15) is 33.6 Å². The number of carbonyl (C=O) groups excluding carboxylic acids is 1. The van der Waals surface area contributed by atoms with Gasteiger partial charge in [0.25, 0.3) is 0 Å². The fourth-order valence-electron chi connectivity index (χ4n) is 1.15. The van der Waals surface area contributed by atoms with Crippen molar-refractivity contribution in [1.29, 1.82) is 0 Å². The van der Waals surface area contributed by atoms with Crippen LogP contribution in [0.25, 0.3) is 0 Å². The predicted octanol–water partition coefficient (Wildman–Crippen LogP) is 0.247. The third kappa shape index (κ3) is 4.58. The lowest BCUT2D eigenvalue weighted by Crippen LogP contribution is -2.48. The first-order valence-corrected chi connectivity index (χ1v) is 5.19. The Balaban J connectivity index is 4.01. The average molecular weight is 202 g/mol. The molecule has 0 aromatic carbocycles. The van der Waals surface area contributed by atoms with Crippen LogP contribution in [0.15, 0.2) is 0 Å². The maximum Gasteiger partial charge on any atom is 0.237 e. The summed E-state index contributed by atoms with van der Waals surface area (Å²) in [5.74, 6) is 0.0531. The highest BCUT2D eigenvalue weighted by molar-refractivity contribution is 5.81. The number of amides is 1. The van der Waals surface area contributed by atoms with Gasteiger partial charge in [-0.1, -0.05) is 27.2 Å². The Morgan fingerprint density at radius 3 is 2.43 bits per heavy atom. The van der Waals surface area contributed by atoms with Crippen molar-refractivity contribution in [2.24, 2.45) is 11.7 Å². The maximum atomic E-state index is 11.5. The zero-order valence-corrected chi connectivity index (χ0v) is 9.29. The normalized spacial score (nSPS) is 15.3. The molecule has 1 unspecified atom stereocenters. The molecule has 0 aliphatic rings. The van der Waals surface area contributed by atoms with E-state index in [1.807, 2.05) is 20.8 Å². The molecule has 2 atom stereocenters. The number of aliphatic hydroxyl groups is 1. The Morgan fingerprint density at radius 1 is 1.50 bits per heavy atom. The number of nitrogens with two attached hydrogens (primary N) is 1. The van der Waals surface area contributed by atoms with Crippen LogP contribution in [0.2, 0.25) is 0 Å². The first-order valence-electron chi connectivity index (χ1n) is 5.19. The Hall–Kier alpha value is -0.610. The Labute approximate surface area is 85.9 Å². The van der Waals surface area contributed by atoms with Crippen LogP contribution < -0.4 is 11.1 Å². The number of nitrogens with one attached hydrogen (secondary N) is 1. The van der Waals surface area contributed by atoms with Gasteiger partial charge in [0.15, 0.2) is 0 Å². The van der Waals surface area contributed by atoms with Crippen LogP contribution >= 0.6 is 0 Å². The molecule has 0 aromatic rings. The Morgan fingerprint density at radius 2 is 2.07 bits per heavy atom. The zero-order chi connectivity index (χ0) is 11.1. The van der Waals surface area contributed by atoms with Crippen molar-refractivity contribution in [3.8, 4) is 0 Å². The molecular weight excluding hydrogens is 180 g/mol. The van der Waals surface area contributed by atoms with Crippen molar-refractivity contribution >= 4 is 5.91 Å². The van der Waals surface area contributed by atoms with E-state index in [-0.39, 0.29) is 24.5 Å². The summed E-state index contributed by atoms with van der Waals surface area (Å²) in [6, 6.07) is -0.641. The summed E-state index contributed by atoms with van der Waals surface area (Å²) in [5, 5.41) is 11.7. The molecule has 0 aromatic heterocycles. The highest BCUT2D eigenvalue weighted by atomic mass is 16.3. The minimum absolute atomic E-state index is 0.0394. The lowest BCUT2D eigenvalue weighted by atomic mass is 10.0. The number of hydrogen-bond acceptors (Lipinski definition) is 3. The van der Waals surface area contributed by atoms with Gasteiger partial charge in [0.1, 0.15) is 0 Å². The first kappa shape index (κ1) is 13.4. The topological polar surface area (TPSA) is 75.4 Å². The molecule has 0 heterocycles. The molecule has 84 valence electrons. The van der Waals surface area contributed by atoms with E-state index in [9.17, 15) is 4.79 Å². The van der Waals surface area contributed by atoms with E-state index in [0.29, 0.717) is 6.42 Å². The van der Waals surface area contributed by atoms with Crippen molar-refractivity contribution < 1.29 is 9.90 Å². The largest absolute Gasteiger partial charge is 0.394 e. The van der Waals surface area contributed by atoms with Gasteiger partial charge >= 0.3 is 0 Å². The maximum absolute atomic E-state index is 11.5. The van der Waals surface area contributed by atoms with E-state index in [1.54, 1.807) is 0 Å². The molecular formula is C10H22N2O2. The lowest BCUT2D eigenvalue weighted by molar-refractivity contribution is -0.123. The molecule has 0 saturated carbocycles. The highest BCUT2D eigenvalue weighted by Crippen LogP contribution is 2.01. The molecule has 4 heteroatoms. The molecule has 0 rings (SSSR count). The summed E-state index contributed by atoms with van der Waals surface area (Å²) in [6.07, 6.45) is 1.57. The molecule has 1 amide bonds. The summed E-state index contributed by atoms with van der Waals surface area (Å²) in [4.78, 5) is 11.5. The minimum Gasteiger partial charge on any atom is -0.394 e. The molecule has 4 N–H and O–H groups in total. The molecule has 0 spiro atoms. The van der Waals surface area contributed by atoms with Gasteiger partial charge in [-0.15, -0.1) is 0 Å². The van der Waals surface area contributed by atoms with E-state index < -0.39 is 6.04 Å². The van der Waals surface area contributed by atoms with Gasteiger partial charge in [-0.3, -0.25) is 4.79 Å². The van der Waals surface area contributed by atoms with Crippen molar-refractivity contribution in [3.63, 3.8) is 0 Å². The van der Waals surface area contributed by atoms with Gasteiger partial charge in [-0.05, 0) is 12.3 Å². The fraction of sp³-hybridized carbons (Fsp3) is 0.900. The van der Waals surface area contributed by atoms with E-state index in [2.05, 4.69) is 5.32 Å². The van der Waals surface area contributed by atoms with Crippen LogP contribution in [0.3, 0.4) is 0 Å². The summed E-state index contributed by atoms with van der Waals surface area (Å²) in [6.45, 7) is 5.85. The molecule has 14 heavy (non-hydrogen) atoms. The Bertz CT molecular complexity index is 172. The van der Waals surface area contributed by atoms with E-state index >= 15 is 0 Å². The van der Waals surface area contributed by atoms with Crippen LogP contribution in [-0.2, 0) is 4.79 Å². The van der Waals surface area contributed by atoms with E-state index in [4.69, 9.17) is 10.8 Å². The summed E-state index contributed by atoms with van der Waals surface area (Å²) < 4.78 is 0. The second kappa shape index (κ2) is 6.79. The first-order chi connectivity index (χ1) is 6.52. The summed E-state index contributed by atoms with van der Waals surface area (Å²) in [5.41, 5.74) is 5.64. The third-order valence-electron chi connectivity index (χ3n) is 2.27. The van der Waals surface area contributed by atoms with E-state index in [0.717, 1.165) is 6.42 Å². The lowest BCUT2D eigenvalue weighted by Gasteiger charge is -2.21. The van der Waals surface area contributed by atoms with Crippen LogP contribution in [0, 0.1) is 5.92 Å². The summed E-state index contributed by atoms with van der Waals surface area (Å²) in [7, 11) is 0. The van der Waals surface area contributed by atoms with Gasteiger partial charge < -0.3 is 16.2 Å². The van der Waals surface area contributed by atoms with Gasteiger partial charge in [0.2, 0.25) is 5.91 Å². The van der Waals surface area contributed by atoms with Crippen molar-refractivity contribution in [1.82, 2.24) is 5.32 Å². The van der Waals surface area contributed by atoms with Gasteiger partial charge in [-0.2, -0.15) is 0 Å². The van der Waals surface area contributed by atoms with Crippen molar-refractivity contribution in [2.45, 2.75) is 45.7 Å². The molecule has 0 aliphatic carbocycles. The molecule has 0 fully saturated rings. The Kier molecular flexibility index (Phi) is 6.49. The molecule has 0 bridgehead atoms. The van der Waals surface area contributed by atoms with Crippen LogP contribution in [0.4, 0.5) is 0 Å². The fourth-order valence-corrected chi connectivity index (χ4v) is 1.15. The second-order valence-electron chi connectivity index (χ2n) is 3.94. The SMILES string of the molecule is CCCC(N)C(=O)N[C@H](CO)C(C)C. The minimum atomic E-state index is -0.451. The van der Waals surface area contributed by atoms with Crippen LogP contribution in [-0.4, -0.2) is 29.7 Å². The smallest absolute Gasteiger partial charge is 0.237 e. The number of hydrogen-bond donors (Lipinski definition) is 3.